The highest BCUT2D eigenvalue weighted by atomic mass is 16.5. The van der Waals surface area contributed by atoms with Crippen molar-refractivity contribution in [2.45, 2.75) is 6.54 Å². The van der Waals surface area contributed by atoms with Gasteiger partial charge in [-0.25, -0.2) is 9.97 Å². The van der Waals surface area contributed by atoms with Crippen LogP contribution in [0.2, 0.25) is 0 Å². The van der Waals surface area contributed by atoms with Gasteiger partial charge in [0.15, 0.2) is 11.5 Å². The van der Waals surface area contributed by atoms with Gasteiger partial charge in [-0.1, -0.05) is 6.07 Å². The maximum Gasteiger partial charge on any atom is 0.161 e. The van der Waals surface area contributed by atoms with Crippen molar-refractivity contribution < 1.29 is 4.74 Å². The quantitative estimate of drug-likeness (QED) is 0.715. The Morgan fingerprint density at radius 1 is 1.11 bits per heavy atom. The van der Waals surface area contributed by atoms with Crippen molar-refractivity contribution in [2.24, 2.45) is 0 Å². The van der Waals surface area contributed by atoms with E-state index in [1.165, 1.54) is 0 Å². The van der Waals surface area contributed by atoms with Crippen LogP contribution in [0.25, 0.3) is 22.7 Å². The number of hydrogen-bond acceptors (Lipinski definition) is 4. The molecule has 0 aliphatic heterocycles. The molecule has 5 nitrogen and oxygen atoms in total. The summed E-state index contributed by atoms with van der Waals surface area (Å²) in [6.45, 7) is 1.32. The summed E-state index contributed by atoms with van der Waals surface area (Å²) in [6, 6.07) is 9.64. The van der Waals surface area contributed by atoms with Gasteiger partial charge in [-0.15, -0.1) is 0 Å². The van der Waals surface area contributed by atoms with Gasteiger partial charge in [0.25, 0.3) is 0 Å². The second-order valence-electron chi connectivity index (χ2n) is 4.14. The van der Waals surface area contributed by atoms with Crippen molar-refractivity contribution in [1.29, 1.82) is 0 Å². The average molecular weight is 254 g/mol. The van der Waals surface area contributed by atoms with E-state index in [-0.39, 0.29) is 0 Å². The summed E-state index contributed by atoms with van der Waals surface area (Å²) in [5.74, 6) is 0.825. The van der Waals surface area contributed by atoms with E-state index < -0.39 is 0 Å². The molecule has 0 spiro atoms. The zero-order valence-corrected chi connectivity index (χ0v) is 10.7. The molecule has 0 atom stereocenters. The predicted octanol–water partition coefficient (Wildman–Crippen LogP) is 2.14. The monoisotopic (exact) mass is 254 g/mol. The first kappa shape index (κ1) is 11.8. The largest absolute Gasteiger partial charge is 0.383 e. The fourth-order valence-corrected chi connectivity index (χ4v) is 2.04. The van der Waals surface area contributed by atoms with Crippen LogP contribution in [-0.2, 0) is 11.3 Å². The molecule has 3 aromatic rings. The predicted molar refractivity (Wildman–Crippen MR) is 72.6 cm³/mol. The van der Waals surface area contributed by atoms with Crippen LogP contribution < -0.4 is 0 Å². The van der Waals surface area contributed by atoms with Crippen LogP contribution in [0.15, 0.2) is 42.7 Å². The van der Waals surface area contributed by atoms with Gasteiger partial charge >= 0.3 is 0 Å². The molecule has 0 fully saturated rings. The first-order valence-corrected chi connectivity index (χ1v) is 6.12. The van der Waals surface area contributed by atoms with E-state index in [9.17, 15) is 0 Å². The van der Waals surface area contributed by atoms with Gasteiger partial charge in [0.2, 0.25) is 0 Å². The fourth-order valence-electron chi connectivity index (χ4n) is 2.04. The Labute approximate surface area is 110 Å². The first-order chi connectivity index (χ1) is 9.40. The van der Waals surface area contributed by atoms with Crippen molar-refractivity contribution in [2.75, 3.05) is 13.7 Å². The highest BCUT2D eigenvalue weighted by molar-refractivity contribution is 5.76. The number of imidazole rings is 1. The van der Waals surface area contributed by atoms with Crippen LogP contribution in [0.4, 0.5) is 0 Å². The van der Waals surface area contributed by atoms with E-state index in [0.29, 0.717) is 13.2 Å². The number of methoxy groups -OCH3 is 1. The summed E-state index contributed by atoms with van der Waals surface area (Å²) < 4.78 is 7.20. The molecule has 0 saturated heterocycles. The zero-order chi connectivity index (χ0) is 13.1. The lowest BCUT2D eigenvalue weighted by Crippen LogP contribution is -2.07. The SMILES string of the molecule is COCCn1c(-c2ccccn2)nc2cccnc21. The van der Waals surface area contributed by atoms with Crippen molar-refractivity contribution >= 4 is 11.2 Å². The van der Waals surface area contributed by atoms with Gasteiger partial charge in [0, 0.05) is 26.0 Å². The van der Waals surface area contributed by atoms with Crippen molar-refractivity contribution in [3.05, 3.63) is 42.7 Å². The molecule has 96 valence electrons. The van der Waals surface area contributed by atoms with Crippen LogP contribution >= 0.6 is 0 Å². The number of rotatable bonds is 4. The molecule has 3 heterocycles. The van der Waals surface area contributed by atoms with Crippen molar-refractivity contribution in [1.82, 2.24) is 19.5 Å². The van der Waals surface area contributed by atoms with E-state index in [0.717, 1.165) is 22.7 Å². The maximum absolute atomic E-state index is 5.16. The standard InChI is InChI=1S/C14H14N4O/c1-19-10-9-18-13-12(6-4-8-16-13)17-14(18)11-5-2-3-7-15-11/h2-8H,9-10H2,1H3. The van der Waals surface area contributed by atoms with E-state index in [1.807, 2.05) is 34.9 Å². The normalized spacial score (nSPS) is 11.0. The van der Waals surface area contributed by atoms with Crippen molar-refractivity contribution in [3.63, 3.8) is 0 Å². The summed E-state index contributed by atoms with van der Waals surface area (Å²) in [5.41, 5.74) is 2.58. The second-order valence-corrected chi connectivity index (χ2v) is 4.14. The molecule has 0 saturated carbocycles. The molecule has 0 radical (unpaired) electrons. The Bertz CT molecular complexity index is 678. The van der Waals surface area contributed by atoms with Gasteiger partial charge in [0.05, 0.1) is 6.61 Å². The van der Waals surface area contributed by atoms with Crippen LogP contribution in [0.1, 0.15) is 0 Å². The lowest BCUT2D eigenvalue weighted by Gasteiger charge is -2.07. The van der Waals surface area contributed by atoms with E-state index in [1.54, 1.807) is 19.5 Å². The van der Waals surface area contributed by atoms with Crippen LogP contribution in [0.5, 0.6) is 0 Å². The number of aromatic nitrogens is 4. The molecule has 3 rings (SSSR count). The molecule has 0 N–H and O–H groups in total. The molecule has 3 aromatic heterocycles. The van der Waals surface area contributed by atoms with Gasteiger partial charge in [-0.2, -0.15) is 0 Å². The molecule has 0 bridgehead atoms. The molecule has 0 aromatic carbocycles. The topological polar surface area (TPSA) is 52.8 Å². The summed E-state index contributed by atoms with van der Waals surface area (Å²) >= 11 is 0. The molecule has 0 unspecified atom stereocenters. The number of hydrogen-bond donors (Lipinski definition) is 0. The van der Waals surface area contributed by atoms with E-state index in [2.05, 4.69) is 15.0 Å². The Morgan fingerprint density at radius 2 is 2.00 bits per heavy atom. The maximum atomic E-state index is 5.16. The number of fused-ring (bicyclic) bond motifs is 1. The first-order valence-electron chi connectivity index (χ1n) is 6.12. The molecular weight excluding hydrogens is 240 g/mol. The molecule has 19 heavy (non-hydrogen) atoms. The number of nitrogens with zero attached hydrogens (tertiary/aromatic N) is 4. The van der Waals surface area contributed by atoms with Crippen LogP contribution in [-0.4, -0.2) is 33.2 Å². The minimum absolute atomic E-state index is 0.613. The van der Waals surface area contributed by atoms with E-state index in [4.69, 9.17) is 4.74 Å². The lowest BCUT2D eigenvalue weighted by atomic mass is 10.3. The molecular formula is C14H14N4O. The zero-order valence-electron chi connectivity index (χ0n) is 10.7. The second kappa shape index (κ2) is 5.16. The molecule has 0 aliphatic carbocycles. The average Bonchev–Trinajstić information content (AvgIpc) is 2.85. The minimum atomic E-state index is 0.613. The Kier molecular flexibility index (Phi) is 3.20. The summed E-state index contributed by atoms with van der Waals surface area (Å²) in [7, 11) is 1.69. The highest BCUT2D eigenvalue weighted by Gasteiger charge is 2.13. The van der Waals surface area contributed by atoms with Gasteiger partial charge < -0.3 is 9.30 Å². The lowest BCUT2D eigenvalue weighted by molar-refractivity contribution is 0.188. The molecule has 5 heteroatoms. The third-order valence-electron chi connectivity index (χ3n) is 2.92. The highest BCUT2D eigenvalue weighted by Crippen LogP contribution is 2.21. The van der Waals surface area contributed by atoms with E-state index >= 15 is 0 Å². The summed E-state index contributed by atoms with van der Waals surface area (Å²) in [4.78, 5) is 13.4. The number of ether oxygens (including phenoxy) is 1. The van der Waals surface area contributed by atoms with Gasteiger partial charge in [-0.3, -0.25) is 4.98 Å². The van der Waals surface area contributed by atoms with Crippen LogP contribution in [0.3, 0.4) is 0 Å². The number of pyridine rings is 2. The smallest absolute Gasteiger partial charge is 0.161 e. The Hall–Kier alpha value is -2.27. The minimum Gasteiger partial charge on any atom is -0.383 e. The van der Waals surface area contributed by atoms with Gasteiger partial charge in [0.1, 0.15) is 11.2 Å². The van der Waals surface area contributed by atoms with Gasteiger partial charge in [-0.05, 0) is 24.3 Å². The molecule has 0 amide bonds. The fraction of sp³-hybridized carbons (Fsp3) is 0.214. The van der Waals surface area contributed by atoms with Crippen molar-refractivity contribution in [3.8, 4) is 11.5 Å². The summed E-state index contributed by atoms with van der Waals surface area (Å²) in [5, 5.41) is 0. The Morgan fingerprint density at radius 3 is 2.79 bits per heavy atom. The third kappa shape index (κ3) is 2.20. The Balaban J connectivity index is 2.17. The summed E-state index contributed by atoms with van der Waals surface area (Å²) in [6.07, 6.45) is 3.54. The van der Waals surface area contributed by atoms with Crippen LogP contribution in [0, 0.1) is 0 Å². The molecule has 0 aliphatic rings. The third-order valence-corrected chi connectivity index (χ3v) is 2.92.